The standard InChI is InChI=1S/C21H20N3.3ClH.Cr/c1-3-8-16-14(6-1)12-20(22-16)18-10-5-11-19(24-18)21-13-15-7-2-4-9-17(15)23-21;;;;/h1-4,6-9,18-19H,5,10-13H2;3*1H;/q-1;;;;+4/p-3. The molecule has 2 unspecified atom stereocenters. The fourth-order valence-electron chi connectivity index (χ4n) is 4.08. The molecular weight excluding hydrogens is 453 g/mol. The number of nitrogens with zero attached hydrogens (tertiary/aromatic N) is 3. The minimum absolute atomic E-state index is 0.266. The summed E-state index contributed by atoms with van der Waals surface area (Å²) in [4.78, 5) is 9.72. The molecule has 0 bridgehead atoms. The maximum atomic E-state index is 5.15. The van der Waals surface area contributed by atoms with E-state index in [0.717, 1.165) is 37.1 Å². The normalized spacial score (nSPS) is 22.7. The number of benzene rings is 2. The van der Waals surface area contributed by atoms with Crippen molar-refractivity contribution in [2.75, 3.05) is 0 Å². The van der Waals surface area contributed by atoms with Crippen LogP contribution in [-0.4, -0.2) is 23.5 Å². The number of hydrogen-bond acceptors (Lipinski definition) is 2. The molecule has 3 aliphatic rings. The van der Waals surface area contributed by atoms with Crippen LogP contribution in [0.2, 0.25) is 0 Å². The molecular formula is C21H20Cl3CrN3. The van der Waals surface area contributed by atoms with Gasteiger partial charge in [-0.3, -0.25) is 9.98 Å². The van der Waals surface area contributed by atoms with E-state index in [1.165, 1.54) is 29.0 Å². The van der Waals surface area contributed by atoms with E-state index in [0.29, 0.717) is 0 Å². The average molecular weight is 473 g/mol. The van der Waals surface area contributed by atoms with Gasteiger partial charge in [-0.1, -0.05) is 67.7 Å². The van der Waals surface area contributed by atoms with Crippen LogP contribution in [0.15, 0.2) is 58.5 Å². The first-order valence-electron chi connectivity index (χ1n) is 9.34. The first-order chi connectivity index (χ1) is 13.6. The molecule has 3 heterocycles. The molecule has 2 aromatic carbocycles. The Balaban J connectivity index is 0.000000442. The summed E-state index contributed by atoms with van der Waals surface area (Å²) in [6.07, 6.45) is 5.39. The van der Waals surface area contributed by atoms with Crippen LogP contribution < -0.4 is 0 Å². The van der Waals surface area contributed by atoms with Crippen LogP contribution >= 0.6 is 30.1 Å². The van der Waals surface area contributed by atoms with Gasteiger partial charge in [0.1, 0.15) is 0 Å². The molecule has 2 aromatic rings. The summed E-state index contributed by atoms with van der Waals surface area (Å²) in [6, 6.07) is 17.5. The third-order valence-electron chi connectivity index (χ3n) is 5.34. The van der Waals surface area contributed by atoms with E-state index < -0.39 is 11.4 Å². The fraction of sp³-hybridized carbons (Fsp3) is 0.333. The van der Waals surface area contributed by atoms with Crippen LogP contribution in [-0.2, 0) is 24.2 Å². The Morgan fingerprint density at radius 1 is 0.750 bits per heavy atom. The van der Waals surface area contributed by atoms with Crippen LogP contribution in [0, 0.1) is 0 Å². The average Bonchev–Trinajstić information content (AvgIpc) is 3.32. The van der Waals surface area contributed by atoms with Gasteiger partial charge in [0.15, 0.2) is 0 Å². The maximum Gasteiger partial charge on any atom is 0.0664 e. The zero-order valence-electron chi connectivity index (χ0n) is 15.2. The van der Waals surface area contributed by atoms with Crippen molar-refractivity contribution in [3.05, 3.63) is 65.0 Å². The zero-order valence-corrected chi connectivity index (χ0v) is 18.7. The van der Waals surface area contributed by atoms with E-state index in [1.807, 2.05) is 0 Å². The van der Waals surface area contributed by atoms with Gasteiger partial charge in [0, 0.05) is 24.3 Å². The molecule has 0 saturated carbocycles. The van der Waals surface area contributed by atoms with E-state index in [4.69, 9.17) is 45.4 Å². The third kappa shape index (κ3) is 4.82. The number of para-hydroxylation sites is 2. The summed E-state index contributed by atoms with van der Waals surface area (Å²) in [5.74, 6) is 0. The SMILES string of the molecule is [Cl][Cr+]([Cl])[Cl].c1ccc2c(c1)CC(C1CCCC(C3=Nc4ccccc4C3)[N-]1)=N2. The Labute approximate surface area is 182 Å². The molecule has 0 aliphatic carbocycles. The molecule has 0 aromatic heterocycles. The summed E-state index contributed by atoms with van der Waals surface area (Å²) in [6.45, 7) is 0. The van der Waals surface area contributed by atoms with Gasteiger partial charge in [-0.05, 0) is 23.3 Å². The predicted molar refractivity (Wildman–Crippen MR) is 117 cm³/mol. The Hall–Kier alpha value is -0.858. The molecule has 0 N–H and O–H groups in total. The van der Waals surface area contributed by atoms with Crippen molar-refractivity contribution in [1.29, 1.82) is 0 Å². The second kappa shape index (κ2) is 9.31. The van der Waals surface area contributed by atoms with Gasteiger partial charge in [-0.15, -0.1) is 0 Å². The molecule has 1 fully saturated rings. The van der Waals surface area contributed by atoms with Crippen molar-refractivity contribution in [2.45, 2.75) is 44.2 Å². The number of aliphatic imine (C=N–C) groups is 2. The second-order valence-corrected chi connectivity index (χ2v) is 13.4. The molecule has 0 spiro atoms. The Bertz CT molecular complexity index is 841. The van der Waals surface area contributed by atoms with Gasteiger partial charge >= 0.3 is 41.5 Å². The quantitative estimate of drug-likeness (QED) is 0.451. The molecule has 146 valence electrons. The summed E-state index contributed by atoms with van der Waals surface area (Å²) in [5.41, 5.74) is 7.45. The van der Waals surface area contributed by atoms with Gasteiger partial charge in [0.2, 0.25) is 0 Å². The summed E-state index contributed by atoms with van der Waals surface area (Å²) < 4.78 is 0. The minimum atomic E-state index is -1.62. The molecule has 0 radical (unpaired) electrons. The number of rotatable bonds is 2. The van der Waals surface area contributed by atoms with Crippen molar-refractivity contribution < 1.29 is 11.4 Å². The maximum absolute atomic E-state index is 5.15. The fourth-order valence-corrected chi connectivity index (χ4v) is 4.08. The van der Waals surface area contributed by atoms with E-state index in [1.54, 1.807) is 0 Å². The van der Waals surface area contributed by atoms with Crippen LogP contribution in [0.25, 0.3) is 5.32 Å². The molecule has 2 atom stereocenters. The molecule has 28 heavy (non-hydrogen) atoms. The van der Waals surface area contributed by atoms with Crippen molar-refractivity contribution in [1.82, 2.24) is 0 Å². The Kier molecular flexibility index (Phi) is 6.78. The monoisotopic (exact) mass is 471 g/mol. The molecule has 5 rings (SSSR count). The van der Waals surface area contributed by atoms with Gasteiger partial charge in [-0.25, -0.2) is 0 Å². The van der Waals surface area contributed by atoms with Crippen molar-refractivity contribution >= 4 is 52.9 Å². The number of fused-ring (bicyclic) bond motifs is 2. The molecule has 0 amide bonds. The van der Waals surface area contributed by atoms with Crippen LogP contribution in [0.4, 0.5) is 11.4 Å². The number of piperidine rings is 1. The van der Waals surface area contributed by atoms with E-state index in [-0.39, 0.29) is 12.1 Å². The first-order valence-corrected chi connectivity index (χ1v) is 14.6. The van der Waals surface area contributed by atoms with Gasteiger partial charge < -0.3 is 5.32 Å². The zero-order chi connectivity index (χ0) is 19.5. The Morgan fingerprint density at radius 2 is 1.18 bits per heavy atom. The largest absolute Gasteiger partial charge is 0.647 e. The minimum Gasteiger partial charge on any atom is -0.647 e. The van der Waals surface area contributed by atoms with Crippen molar-refractivity contribution in [3.63, 3.8) is 0 Å². The first kappa shape index (κ1) is 20.4. The van der Waals surface area contributed by atoms with Gasteiger partial charge in [0.25, 0.3) is 0 Å². The predicted octanol–water partition coefficient (Wildman–Crippen LogP) is 7.00. The molecule has 1 saturated heterocycles. The molecule has 7 heteroatoms. The van der Waals surface area contributed by atoms with Gasteiger partial charge in [0.05, 0.1) is 11.4 Å². The van der Waals surface area contributed by atoms with Crippen LogP contribution in [0.5, 0.6) is 0 Å². The Morgan fingerprint density at radius 3 is 1.61 bits per heavy atom. The van der Waals surface area contributed by atoms with E-state index >= 15 is 0 Å². The van der Waals surface area contributed by atoms with Crippen molar-refractivity contribution in [2.24, 2.45) is 9.98 Å². The third-order valence-corrected chi connectivity index (χ3v) is 5.34. The van der Waals surface area contributed by atoms with E-state index in [2.05, 4.69) is 48.5 Å². The number of halogens is 3. The summed E-state index contributed by atoms with van der Waals surface area (Å²) in [7, 11) is 14.8. The molecule has 3 nitrogen and oxygen atoms in total. The topological polar surface area (TPSA) is 38.8 Å². The second-order valence-electron chi connectivity index (χ2n) is 7.10. The molecule has 3 aliphatic heterocycles. The van der Waals surface area contributed by atoms with Crippen LogP contribution in [0.3, 0.4) is 0 Å². The summed E-state index contributed by atoms with van der Waals surface area (Å²) >= 11 is -1.62. The van der Waals surface area contributed by atoms with Crippen LogP contribution in [0.1, 0.15) is 30.4 Å². The van der Waals surface area contributed by atoms with E-state index in [9.17, 15) is 0 Å². The number of hydrogen-bond donors (Lipinski definition) is 0. The summed E-state index contributed by atoms with van der Waals surface area (Å²) in [5, 5.41) is 5.15. The smallest absolute Gasteiger partial charge is 0.0664 e. The van der Waals surface area contributed by atoms with Crippen molar-refractivity contribution in [3.8, 4) is 0 Å². The van der Waals surface area contributed by atoms with Gasteiger partial charge in [-0.2, -0.15) is 0 Å².